The van der Waals surface area contributed by atoms with Crippen molar-refractivity contribution in [3.8, 4) is 0 Å². The molecule has 0 radical (unpaired) electrons. The van der Waals surface area contributed by atoms with Gasteiger partial charge in [0, 0.05) is 11.3 Å². The van der Waals surface area contributed by atoms with E-state index >= 15 is 0 Å². The molecule has 0 bridgehead atoms. The molecule has 0 amide bonds. The number of hydrogen-bond acceptors (Lipinski definition) is 0. The summed E-state index contributed by atoms with van der Waals surface area (Å²) in [5.74, 6) is 0.532. The average Bonchev–Trinajstić information content (AvgIpc) is 3.06. The predicted octanol–water partition coefficient (Wildman–Crippen LogP) is 7.00. The Labute approximate surface area is 153 Å². The quantitative estimate of drug-likeness (QED) is 0.556. The molecule has 2 aliphatic rings. The van der Waals surface area contributed by atoms with Crippen molar-refractivity contribution in [3.63, 3.8) is 0 Å². The van der Waals surface area contributed by atoms with Crippen LogP contribution in [0.3, 0.4) is 0 Å². The summed E-state index contributed by atoms with van der Waals surface area (Å²) >= 11 is 0. The molecule has 1 unspecified atom stereocenters. The summed E-state index contributed by atoms with van der Waals surface area (Å²) in [4.78, 5) is 0. The van der Waals surface area contributed by atoms with Crippen molar-refractivity contribution in [1.82, 2.24) is 0 Å². The van der Waals surface area contributed by atoms with Crippen molar-refractivity contribution >= 4 is 6.08 Å². The molecule has 130 valence electrons. The van der Waals surface area contributed by atoms with Crippen LogP contribution < -0.4 is 0 Å². The Balaban J connectivity index is 1.78. The minimum absolute atomic E-state index is 0.220. The van der Waals surface area contributed by atoms with E-state index in [9.17, 15) is 0 Å². The summed E-state index contributed by atoms with van der Waals surface area (Å²) in [5, 5.41) is 0. The highest BCUT2D eigenvalue weighted by molar-refractivity contribution is 5.64. The molecule has 2 aromatic rings. The van der Waals surface area contributed by atoms with E-state index in [2.05, 4.69) is 81.5 Å². The van der Waals surface area contributed by atoms with E-state index in [0.29, 0.717) is 5.92 Å². The van der Waals surface area contributed by atoms with Crippen molar-refractivity contribution < 1.29 is 0 Å². The molecule has 1 saturated carbocycles. The fourth-order valence-electron chi connectivity index (χ4n) is 5.00. The zero-order valence-electron chi connectivity index (χ0n) is 15.9. The fraction of sp³-hybridized carbons (Fsp3) is 0.440. The van der Waals surface area contributed by atoms with Crippen molar-refractivity contribution in [1.29, 1.82) is 0 Å². The van der Waals surface area contributed by atoms with Gasteiger partial charge in [-0.3, -0.25) is 0 Å². The first-order chi connectivity index (χ1) is 12.0. The van der Waals surface area contributed by atoms with Crippen LogP contribution in [-0.2, 0) is 10.8 Å². The molecule has 0 heterocycles. The van der Waals surface area contributed by atoms with Gasteiger partial charge in [0.05, 0.1) is 0 Å². The van der Waals surface area contributed by atoms with E-state index in [1.54, 1.807) is 5.56 Å². The second-order valence-electron chi connectivity index (χ2n) is 9.01. The van der Waals surface area contributed by atoms with Crippen LogP contribution in [0.5, 0.6) is 0 Å². The molecule has 0 saturated heterocycles. The normalized spacial score (nSPS) is 22.0. The first-order valence-corrected chi connectivity index (χ1v) is 9.89. The second-order valence-corrected chi connectivity index (χ2v) is 9.01. The zero-order chi connectivity index (χ0) is 17.5. The van der Waals surface area contributed by atoms with E-state index < -0.39 is 0 Å². The first-order valence-electron chi connectivity index (χ1n) is 9.89. The Hall–Kier alpha value is -1.82. The molecule has 0 N–H and O–H groups in total. The van der Waals surface area contributed by atoms with Gasteiger partial charge in [-0.05, 0) is 40.5 Å². The maximum atomic E-state index is 2.48. The highest BCUT2D eigenvalue weighted by atomic mass is 14.5. The first kappa shape index (κ1) is 16.6. The SMILES string of the molecule is CC(C)(C)c1ccc(C2(C3C=Cc4ccccc43)CCCCC2)cc1. The number of benzene rings is 2. The highest BCUT2D eigenvalue weighted by Gasteiger charge is 2.42. The predicted molar refractivity (Wildman–Crippen MR) is 108 cm³/mol. The van der Waals surface area contributed by atoms with E-state index in [0.717, 1.165) is 0 Å². The Morgan fingerprint density at radius 2 is 1.52 bits per heavy atom. The molecule has 0 spiro atoms. The van der Waals surface area contributed by atoms with E-state index in [1.165, 1.54) is 48.8 Å². The number of hydrogen-bond donors (Lipinski definition) is 0. The molecule has 1 atom stereocenters. The van der Waals surface area contributed by atoms with Crippen LogP contribution in [-0.4, -0.2) is 0 Å². The van der Waals surface area contributed by atoms with Gasteiger partial charge in [-0.25, -0.2) is 0 Å². The van der Waals surface area contributed by atoms with Crippen LogP contribution in [0.1, 0.15) is 81.0 Å². The maximum absolute atomic E-state index is 2.48. The van der Waals surface area contributed by atoms with Crippen LogP contribution >= 0.6 is 0 Å². The lowest BCUT2D eigenvalue weighted by Gasteiger charge is -2.43. The number of fused-ring (bicyclic) bond motifs is 1. The van der Waals surface area contributed by atoms with E-state index in [4.69, 9.17) is 0 Å². The Morgan fingerprint density at radius 1 is 0.840 bits per heavy atom. The van der Waals surface area contributed by atoms with Crippen LogP contribution in [0, 0.1) is 0 Å². The van der Waals surface area contributed by atoms with Gasteiger partial charge in [0.1, 0.15) is 0 Å². The molecule has 0 aliphatic heterocycles. The standard InChI is InChI=1S/C25H30/c1-24(2,3)20-12-14-21(15-13-20)25(17-7-4-8-18-25)23-16-11-19-9-5-6-10-22(19)23/h5-6,9-16,23H,4,7-8,17-18H2,1-3H3. The Bertz CT molecular complexity index is 764. The second kappa shape index (κ2) is 6.16. The fourth-order valence-corrected chi connectivity index (χ4v) is 5.00. The molecule has 25 heavy (non-hydrogen) atoms. The van der Waals surface area contributed by atoms with Gasteiger partial charge < -0.3 is 0 Å². The third-order valence-corrected chi connectivity index (χ3v) is 6.47. The van der Waals surface area contributed by atoms with Crippen LogP contribution in [0.25, 0.3) is 6.08 Å². The number of allylic oxidation sites excluding steroid dienone is 1. The molecule has 0 heteroatoms. The van der Waals surface area contributed by atoms with Crippen LogP contribution in [0.2, 0.25) is 0 Å². The lowest BCUT2D eigenvalue weighted by atomic mass is 9.60. The maximum Gasteiger partial charge on any atom is 0.0124 e. The van der Waals surface area contributed by atoms with E-state index in [-0.39, 0.29) is 10.8 Å². The summed E-state index contributed by atoms with van der Waals surface area (Å²) in [6.07, 6.45) is 11.5. The highest BCUT2D eigenvalue weighted by Crippen LogP contribution is 2.52. The van der Waals surface area contributed by atoms with Crippen molar-refractivity contribution in [2.75, 3.05) is 0 Å². The minimum Gasteiger partial charge on any atom is -0.0755 e. The minimum atomic E-state index is 0.220. The van der Waals surface area contributed by atoms with Gasteiger partial charge >= 0.3 is 0 Å². The smallest absolute Gasteiger partial charge is 0.0124 e. The lowest BCUT2D eigenvalue weighted by Crippen LogP contribution is -2.35. The lowest BCUT2D eigenvalue weighted by molar-refractivity contribution is 0.268. The summed E-state index contributed by atoms with van der Waals surface area (Å²) in [6, 6.07) is 18.6. The van der Waals surface area contributed by atoms with Crippen LogP contribution in [0.15, 0.2) is 54.6 Å². The van der Waals surface area contributed by atoms with Crippen LogP contribution in [0.4, 0.5) is 0 Å². The average molecular weight is 331 g/mol. The molecule has 1 fully saturated rings. The molecule has 4 rings (SSSR count). The monoisotopic (exact) mass is 330 g/mol. The molecule has 0 nitrogen and oxygen atoms in total. The topological polar surface area (TPSA) is 0 Å². The van der Waals surface area contributed by atoms with Gasteiger partial charge in [-0.2, -0.15) is 0 Å². The zero-order valence-corrected chi connectivity index (χ0v) is 15.9. The largest absolute Gasteiger partial charge is 0.0755 e. The van der Waals surface area contributed by atoms with Gasteiger partial charge in [0.25, 0.3) is 0 Å². The van der Waals surface area contributed by atoms with Gasteiger partial charge in [0.2, 0.25) is 0 Å². The third kappa shape index (κ3) is 2.86. The van der Waals surface area contributed by atoms with Crippen molar-refractivity contribution in [3.05, 3.63) is 76.9 Å². The Morgan fingerprint density at radius 3 is 2.20 bits per heavy atom. The molecule has 2 aliphatic carbocycles. The van der Waals surface area contributed by atoms with Gasteiger partial charge in [-0.15, -0.1) is 0 Å². The van der Waals surface area contributed by atoms with Gasteiger partial charge in [0.15, 0.2) is 0 Å². The summed E-state index contributed by atoms with van der Waals surface area (Å²) in [5.41, 5.74) is 6.43. The Kier molecular flexibility index (Phi) is 4.10. The molecule has 0 aromatic heterocycles. The van der Waals surface area contributed by atoms with Crippen molar-refractivity contribution in [2.24, 2.45) is 0 Å². The molecular weight excluding hydrogens is 300 g/mol. The van der Waals surface area contributed by atoms with E-state index in [1.807, 2.05) is 0 Å². The summed E-state index contributed by atoms with van der Waals surface area (Å²) < 4.78 is 0. The molecule has 2 aromatic carbocycles. The third-order valence-electron chi connectivity index (χ3n) is 6.47. The van der Waals surface area contributed by atoms with Crippen molar-refractivity contribution in [2.45, 2.75) is 69.6 Å². The number of rotatable bonds is 2. The van der Waals surface area contributed by atoms with Gasteiger partial charge in [-0.1, -0.05) is 101 Å². The summed E-state index contributed by atoms with van der Waals surface area (Å²) in [6.45, 7) is 6.90. The summed E-state index contributed by atoms with van der Waals surface area (Å²) in [7, 11) is 0. The molecular formula is C25H30.